The fraction of sp³-hybridized carbons (Fsp3) is 0.462. The minimum atomic E-state index is -0.374. The molecule has 0 saturated carbocycles. The summed E-state index contributed by atoms with van der Waals surface area (Å²) in [6.07, 6.45) is 3.27. The highest BCUT2D eigenvalue weighted by Gasteiger charge is 2.16. The first-order chi connectivity index (χ1) is 8.65. The van der Waals surface area contributed by atoms with Gasteiger partial charge in [-0.1, -0.05) is 13.3 Å². The van der Waals surface area contributed by atoms with E-state index in [0.717, 1.165) is 29.6 Å². The molecule has 18 heavy (non-hydrogen) atoms. The molecular formula is C13H17N3O2. The van der Waals surface area contributed by atoms with Crippen LogP contribution in [-0.4, -0.2) is 27.1 Å². The third kappa shape index (κ3) is 2.20. The SMILES string of the molecule is CCCCOC(=O)c1ncnc2c1cc(C)n2C. The van der Waals surface area contributed by atoms with E-state index in [0.29, 0.717) is 12.3 Å². The monoisotopic (exact) mass is 247 g/mol. The van der Waals surface area contributed by atoms with Crippen LogP contribution < -0.4 is 0 Å². The first-order valence-corrected chi connectivity index (χ1v) is 6.09. The van der Waals surface area contributed by atoms with Crippen molar-refractivity contribution in [1.29, 1.82) is 0 Å². The Kier molecular flexibility index (Phi) is 3.60. The van der Waals surface area contributed by atoms with Crippen LogP contribution in [0.2, 0.25) is 0 Å². The molecule has 0 unspecified atom stereocenters. The topological polar surface area (TPSA) is 57.0 Å². The van der Waals surface area contributed by atoms with Crippen LogP contribution in [0, 0.1) is 6.92 Å². The van der Waals surface area contributed by atoms with E-state index in [1.165, 1.54) is 6.33 Å². The molecule has 0 aliphatic heterocycles. The number of ether oxygens (including phenoxy) is 1. The Morgan fingerprint density at radius 2 is 2.22 bits per heavy atom. The predicted molar refractivity (Wildman–Crippen MR) is 68.4 cm³/mol. The van der Waals surface area contributed by atoms with Gasteiger partial charge in [-0.05, 0) is 19.4 Å². The second-order valence-corrected chi connectivity index (χ2v) is 4.29. The number of carbonyl (C=O) groups excluding carboxylic acids is 1. The summed E-state index contributed by atoms with van der Waals surface area (Å²) in [5, 5.41) is 0.749. The Morgan fingerprint density at radius 3 is 2.94 bits per heavy atom. The zero-order valence-corrected chi connectivity index (χ0v) is 10.9. The number of esters is 1. The molecule has 0 bridgehead atoms. The van der Waals surface area contributed by atoms with Crippen molar-refractivity contribution in [3.8, 4) is 0 Å². The van der Waals surface area contributed by atoms with Crippen LogP contribution >= 0.6 is 0 Å². The maximum atomic E-state index is 11.9. The van der Waals surface area contributed by atoms with Crippen molar-refractivity contribution in [3.63, 3.8) is 0 Å². The summed E-state index contributed by atoms with van der Waals surface area (Å²) in [5.74, 6) is -0.374. The summed E-state index contributed by atoms with van der Waals surface area (Å²) in [6.45, 7) is 4.46. The molecule has 2 aromatic rings. The van der Waals surface area contributed by atoms with Crippen LogP contribution in [0.5, 0.6) is 0 Å². The first-order valence-electron chi connectivity index (χ1n) is 6.09. The molecule has 2 rings (SSSR count). The molecule has 96 valence electrons. The summed E-state index contributed by atoms with van der Waals surface area (Å²) in [6, 6.07) is 1.91. The van der Waals surface area contributed by atoms with Crippen molar-refractivity contribution in [2.75, 3.05) is 6.61 Å². The molecular weight excluding hydrogens is 230 g/mol. The minimum Gasteiger partial charge on any atom is -0.461 e. The normalized spacial score (nSPS) is 10.8. The molecule has 0 radical (unpaired) electrons. The second kappa shape index (κ2) is 5.16. The molecule has 5 heteroatoms. The van der Waals surface area contributed by atoms with E-state index in [2.05, 4.69) is 16.9 Å². The quantitative estimate of drug-likeness (QED) is 0.614. The van der Waals surface area contributed by atoms with Crippen LogP contribution in [0.1, 0.15) is 35.9 Å². The van der Waals surface area contributed by atoms with E-state index in [4.69, 9.17) is 4.74 Å². The van der Waals surface area contributed by atoms with Gasteiger partial charge in [-0.15, -0.1) is 0 Å². The highest BCUT2D eigenvalue weighted by Crippen LogP contribution is 2.19. The van der Waals surface area contributed by atoms with E-state index in [1.54, 1.807) is 0 Å². The molecule has 0 spiro atoms. The van der Waals surface area contributed by atoms with E-state index in [1.807, 2.05) is 24.6 Å². The Morgan fingerprint density at radius 1 is 1.44 bits per heavy atom. The number of hydrogen-bond donors (Lipinski definition) is 0. The van der Waals surface area contributed by atoms with Gasteiger partial charge in [0.1, 0.15) is 12.0 Å². The summed E-state index contributed by atoms with van der Waals surface area (Å²) in [4.78, 5) is 20.2. The van der Waals surface area contributed by atoms with Gasteiger partial charge in [-0.2, -0.15) is 0 Å². The number of hydrogen-bond acceptors (Lipinski definition) is 4. The van der Waals surface area contributed by atoms with Gasteiger partial charge in [0.2, 0.25) is 0 Å². The largest absolute Gasteiger partial charge is 0.461 e. The van der Waals surface area contributed by atoms with E-state index in [-0.39, 0.29) is 5.97 Å². The standard InChI is InChI=1S/C13H17N3O2/c1-4-5-6-18-13(17)11-10-7-9(2)16(3)12(10)15-8-14-11/h7-8H,4-6H2,1-3H3. The van der Waals surface area contributed by atoms with E-state index < -0.39 is 0 Å². The second-order valence-electron chi connectivity index (χ2n) is 4.29. The highest BCUT2D eigenvalue weighted by molar-refractivity contribution is 6.01. The Labute approximate surface area is 106 Å². The van der Waals surface area contributed by atoms with Crippen LogP contribution in [0.15, 0.2) is 12.4 Å². The number of fused-ring (bicyclic) bond motifs is 1. The summed E-state index contributed by atoms with van der Waals surface area (Å²) < 4.78 is 7.12. The lowest BCUT2D eigenvalue weighted by Crippen LogP contribution is -2.09. The Balaban J connectivity index is 2.33. The number of unbranched alkanes of at least 4 members (excludes halogenated alkanes) is 1. The Bertz CT molecular complexity index is 575. The molecule has 0 aliphatic carbocycles. The molecule has 2 heterocycles. The fourth-order valence-corrected chi connectivity index (χ4v) is 1.80. The number of rotatable bonds is 4. The molecule has 2 aromatic heterocycles. The lowest BCUT2D eigenvalue weighted by Gasteiger charge is -2.04. The number of aryl methyl sites for hydroxylation is 2. The summed E-state index contributed by atoms with van der Waals surface area (Å²) in [5.41, 5.74) is 2.14. The first kappa shape index (κ1) is 12.5. The Hall–Kier alpha value is -1.91. The smallest absolute Gasteiger partial charge is 0.357 e. The molecule has 0 fully saturated rings. The van der Waals surface area contributed by atoms with Gasteiger partial charge in [0.25, 0.3) is 0 Å². The average Bonchev–Trinajstić information content (AvgIpc) is 2.66. The molecule has 0 amide bonds. The molecule has 0 aromatic carbocycles. The zero-order valence-electron chi connectivity index (χ0n) is 10.9. The van der Waals surface area contributed by atoms with Gasteiger partial charge < -0.3 is 9.30 Å². The number of aromatic nitrogens is 3. The highest BCUT2D eigenvalue weighted by atomic mass is 16.5. The van der Waals surface area contributed by atoms with Crippen LogP contribution in [0.4, 0.5) is 0 Å². The molecule has 0 saturated heterocycles. The van der Waals surface area contributed by atoms with Crippen LogP contribution in [0.25, 0.3) is 11.0 Å². The third-order valence-electron chi connectivity index (χ3n) is 2.99. The number of carbonyl (C=O) groups is 1. The van der Waals surface area contributed by atoms with Gasteiger partial charge in [-0.3, -0.25) is 0 Å². The van der Waals surface area contributed by atoms with Gasteiger partial charge in [0, 0.05) is 12.7 Å². The summed E-state index contributed by atoms with van der Waals surface area (Å²) >= 11 is 0. The van der Waals surface area contributed by atoms with Crippen molar-refractivity contribution < 1.29 is 9.53 Å². The average molecular weight is 247 g/mol. The van der Waals surface area contributed by atoms with Crippen molar-refractivity contribution >= 4 is 17.0 Å². The zero-order chi connectivity index (χ0) is 13.1. The lowest BCUT2D eigenvalue weighted by atomic mass is 10.2. The van der Waals surface area contributed by atoms with Crippen molar-refractivity contribution in [2.45, 2.75) is 26.7 Å². The maximum Gasteiger partial charge on any atom is 0.357 e. The van der Waals surface area contributed by atoms with E-state index in [9.17, 15) is 4.79 Å². The van der Waals surface area contributed by atoms with Crippen molar-refractivity contribution in [2.24, 2.45) is 7.05 Å². The lowest BCUT2D eigenvalue weighted by molar-refractivity contribution is 0.0495. The van der Waals surface area contributed by atoms with Crippen molar-refractivity contribution in [3.05, 3.63) is 23.8 Å². The van der Waals surface area contributed by atoms with Gasteiger partial charge >= 0.3 is 5.97 Å². The van der Waals surface area contributed by atoms with Crippen LogP contribution in [-0.2, 0) is 11.8 Å². The molecule has 5 nitrogen and oxygen atoms in total. The molecule has 0 aliphatic rings. The van der Waals surface area contributed by atoms with Gasteiger partial charge in [0.05, 0.1) is 12.0 Å². The van der Waals surface area contributed by atoms with E-state index >= 15 is 0 Å². The van der Waals surface area contributed by atoms with Crippen LogP contribution in [0.3, 0.4) is 0 Å². The maximum absolute atomic E-state index is 11.9. The third-order valence-corrected chi connectivity index (χ3v) is 2.99. The fourth-order valence-electron chi connectivity index (χ4n) is 1.80. The number of nitrogens with zero attached hydrogens (tertiary/aromatic N) is 3. The predicted octanol–water partition coefficient (Wildman–Crippen LogP) is 2.23. The molecule has 0 atom stereocenters. The summed E-state index contributed by atoms with van der Waals surface area (Å²) in [7, 11) is 1.91. The van der Waals surface area contributed by atoms with Crippen molar-refractivity contribution in [1.82, 2.24) is 14.5 Å². The molecule has 0 N–H and O–H groups in total. The van der Waals surface area contributed by atoms with Gasteiger partial charge in [-0.25, -0.2) is 14.8 Å². The minimum absolute atomic E-state index is 0.347. The van der Waals surface area contributed by atoms with Gasteiger partial charge in [0.15, 0.2) is 5.69 Å².